The molecule has 0 heterocycles. The molecule has 0 bridgehead atoms. The summed E-state index contributed by atoms with van der Waals surface area (Å²) in [5.41, 5.74) is 10.1. The van der Waals surface area contributed by atoms with Gasteiger partial charge in [0.25, 0.3) is 0 Å². The van der Waals surface area contributed by atoms with Crippen LogP contribution in [0, 0.1) is 32.1 Å². The molecule has 1 aliphatic carbocycles. The van der Waals surface area contributed by atoms with Gasteiger partial charge in [0.2, 0.25) is 0 Å². The Kier molecular flexibility index (Phi) is 5.06. The molecule has 1 unspecified atom stereocenters. The third-order valence-corrected chi connectivity index (χ3v) is 6.19. The molecule has 3 aromatic rings. The van der Waals surface area contributed by atoms with E-state index in [9.17, 15) is 5.26 Å². The Hall–Kier alpha value is -2.83. The molecule has 0 spiro atoms. The minimum absolute atomic E-state index is 0.0281. The lowest BCUT2D eigenvalue weighted by molar-refractivity contribution is 0.829. The molecule has 3 aromatic carbocycles. The van der Waals surface area contributed by atoms with Gasteiger partial charge in [-0.15, -0.1) is 0 Å². The van der Waals surface area contributed by atoms with Crippen molar-refractivity contribution in [3.05, 3.63) is 98.5 Å². The van der Waals surface area contributed by atoms with Crippen LogP contribution in [0.5, 0.6) is 0 Å². The van der Waals surface area contributed by atoms with Gasteiger partial charge < -0.3 is 4.90 Å². The van der Waals surface area contributed by atoms with E-state index < -0.39 is 0 Å². The van der Waals surface area contributed by atoms with Crippen LogP contribution in [0.25, 0.3) is 11.1 Å². The number of allylic oxidation sites excluding steroid dienone is 1. The zero-order chi connectivity index (χ0) is 20.7. The largest absolute Gasteiger partial charge is 0.363 e. The van der Waals surface area contributed by atoms with Crippen LogP contribution in [0.2, 0.25) is 0 Å². The topological polar surface area (TPSA) is 27.0 Å². The number of rotatable bonds is 3. The lowest BCUT2D eigenvalue weighted by Gasteiger charge is -2.33. The zero-order valence-corrected chi connectivity index (χ0v) is 18.7. The molecule has 0 aromatic heterocycles. The molecule has 0 amide bonds. The van der Waals surface area contributed by atoms with Crippen molar-refractivity contribution in [2.45, 2.75) is 26.8 Å². The van der Waals surface area contributed by atoms with Gasteiger partial charge in [0, 0.05) is 22.8 Å². The van der Waals surface area contributed by atoms with E-state index in [1.807, 2.05) is 24.3 Å². The smallest absolute Gasteiger partial charge is 0.100 e. The number of likely N-dealkylation sites (N-methyl/N-ethyl adjacent to an activating group) is 1. The Labute approximate surface area is 181 Å². The van der Waals surface area contributed by atoms with Crippen LogP contribution < -0.4 is 4.90 Å². The van der Waals surface area contributed by atoms with Crippen LogP contribution in [-0.2, 0) is 0 Å². The van der Waals surface area contributed by atoms with Crippen molar-refractivity contribution in [3.63, 3.8) is 0 Å². The van der Waals surface area contributed by atoms with Crippen LogP contribution >= 0.6 is 15.9 Å². The monoisotopic (exact) mass is 442 g/mol. The summed E-state index contributed by atoms with van der Waals surface area (Å²) in [6.07, 6.45) is 0. The van der Waals surface area contributed by atoms with Crippen molar-refractivity contribution in [1.82, 2.24) is 0 Å². The standard InChI is InChI=1S/C26H23BrN2/c1-16-12-17(2)25(18(3)13-16)29(4)26-22-14-20(27)10-11-21(22)23(15-28)24(26)19-8-6-5-7-9-19/h5-14,26H,1-4H3. The van der Waals surface area contributed by atoms with E-state index in [2.05, 4.69) is 91.1 Å². The van der Waals surface area contributed by atoms with Crippen molar-refractivity contribution < 1.29 is 0 Å². The second-order valence-electron chi connectivity index (χ2n) is 7.76. The Bertz CT molecular complexity index is 1150. The predicted octanol–water partition coefficient (Wildman–Crippen LogP) is 7.00. The van der Waals surface area contributed by atoms with Crippen LogP contribution in [0.4, 0.5) is 5.69 Å². The van der Waals surface area contributed by atoms with Crippen molar-refractivity contribution in [2.24, 2.45) is 0 Å². The summed E-state index contributed by atoms with van der Waals surface area (Å²) in [5.74, 6) is 0. The lowest BCUT2D eigenvalue weighted by Crippen LogP contribution is -2.25. The zero-order valence-electron chi connectivity index (χ0n) is 17.1. The number of aryl methyl sites for hydroxylation is 3. The van der Waals surface area contributed by atoms with Gasteiger partial charge in [0.15, 0.2) is 0 Å². The average molecular weight is 443 g/mol. The first-order chi connectivity index (χ1) is 13.9. The Morgan fingerprint density at radius 1 is 0.931 bits per heavy atom. The number of anilines is 1. The summed E-state index contributed by atoms with van der Waals surface area (Å²) >= 11 is 3.63. The van der Waals surface area contributed by atoms with Gasteiger partial charge in [-0.3, -0.25) is 0 Å². The quantitative estimate of drug-likeness (QED) is 0.436. The number of nitriles is 1. The van der Waals surface area contributed by atoms with Crippen LogP contribution in [0.15, 0.2) is 65.1 Å². The van der Waals surface area contributed by atoms with Gasteiger partial charge >= 0.3 is 0 Å². The highest BCUT2D eigenvalue weighted by Crippen LogP contribution is 2.50. The van der Waals surface area contributed by atoms with E-state index in [1.54, 1.807) is 0 Å². The third kappa shape index (κ3) is 3.28. The van der Waals surface area contributed by atoms with Gasteiger partial charge in [-0.2, -0.15) is 5.26 Å². The Balaban J connectivity index is 1.98. The minimum atomic E-state index is -0.0281. The summed E-state index contributed by atoms with van der Waals surface area (Å²) in [4.78, 5) is 2.34. The molecule has 0 N–H and O–H groups in total. The maximum Gasteiger partial charge on any atom is 0.100 e. The van der Waals surface area contributed by atoms with Gasteiger partial charge in [0.05, 0.1) is 11.6 Å². The first-order valence-electron chi connectivity index (χ1n) is 9.72. The second kappa shape index (κ2) is 7.54. The molecule has 144 valence electrons. The van der Waals surface area contributed by atoms with E-state index >= 15 is 0 Å². The highest BCUT2D eigenvalue weighted by Gasteiger charge is 2.36. The molecule has 1 atom stereocenters. The number of nitrogens with zero attached hydrogens (tertiary/aromatic N) is 2. The Morgan fingerprint density at radius 3 is 2.21 bits per heavy atom. The van der Waals surface area contributed by atoms with Crippen molar-refractivity contribution in [3.8, 4) is 6.07 Å². The number of hydrogen-bond donors (Lipinski definition) is 0. The first kappa shape index (κ1) is 19.5. The van der Waals surface area contributed by atoms with Crippen LogP contribution in [0.3, 0.4) is 0 Å². The third-order valence-electron chi connectivity index (χ3n) is 5.69. The summed E-state index contributed by atoms with van der Waals surface area (Å²) in [6, 6.07) is 23.5. The number of hydrogen-bond acceptors (Lipinski definition) is 2. The van der Waals surface area contributed by atoms with Crippen molar-refractivity contribution >= 4 is 32.8 Å². The highest BCUT2D eigenvalue weighted by atomic mass is 79.9. The van der Waals surface area contributed by atoms with E-state index in [0.29, 0.717) is 0 Å². The molecule has 0 saturated carbocycles. The van der Waals surface area contributed by atoms with Crippen LogP contribution in [0.1, 0.15) is 39.4 Å². The summed E-state index contributed by atoms with van der Waals surface area (Å²) < 4.78 is 1.03. The number of benzene rings is 3. The molecule has 0 aliphatic heterocycles. The van der Waals surface area contributed by atoms with Gasteiger partial charge in [-0.1, -0.05) is 70.0 Å². The van der Waals surface area contributed by atoms with Crippen LogP contribution in [-0.4, -0.2) is 7.05 Å². The average Bonchev–Trinajstić information content (AvgIpc) is 3.01. The molecule has 0 fully saturated rings. The van der Waals surface area contributed by atoms with Crippen molar-refractivity contribution in [2.75, 3.05) is 11.9 Å². The summed E-state index contributed by atoms with van der Waals surface area (Å²) in [6.45, 7) is 6.47. The Morgan fingerprint density at radius 2 is 1.59 bits per heavy atom. The molecule has 3 heteroatoms. The lowest BCUT2D eigenvalue weighted by atomic mass is 9.94. The minimum Gasteiger partial charge on any atom is -0.363 e. The second-order valence-corrected chi connectivity index (χ2v) is 8.67. The highest BCUT2D eigenvalue weighted by molar-refractivity contribution is 9.10. The van der Waals surface area contributed by atoms with Gasteiger partial charge in [-0.25, -0.2) is 0 Å². The molecular formula is C26H23BrN2. The maximum absolute atomic E-state index is 10.1. The number of halogens is 1. The molecule has 0 radical (unpaired) electrons. The van der Waals surface area contributed by atoms with E-state index in [0.717, 1.165) is 32.3 Å². The van der Waals surface area contributed by atoms with E-state index in [1.165, 1.54) is 22.4 Å². The summed E-state index contributed by atoms with van der Waals surface area (Å²) in [5, 5.41) is 10.1. The predicted molar refractivity (Wildman–Crippen MR) is 125 cm³/mol. The molecule has 4 rings (SSSR count). The fourth-order valence-corrected chi connectivity index (χ4v) is 5.10. The normalized spacial score (nSPS) is 15.2. The molecule has 0 saturated heterocycles. The molecule has 29 heavy (non-hydrogen) atoms. The molecule has 2 nitrogen and oxygen atoms in total. The maximum atomic E-state index is 10.1. The fraction of sp³-hybridized carbons (Fsp3) is 0.192. The summed E-state index contributed by atoms with van der Waals surface area (Å²) in [7, 11) is 2.14. The van der Waals surface area contributed by atoms with E-state index in [4.69, 9.17) is 0 Å². The SMILES string of the molecule is Cc1cc(C)c(N(C)C2C(c3ccccc3)=C(C#N)c3ccc(Br)cc32)c(C)c1. The number of fused-ring (bicyclic) bond motifs is 1. The van der Waals surface area contributed by atoms with Gasteiger partial charge in [-0.05, 0) is 60.7 Å². The first-order valence-corrected chi connectivity index (χ1v) is 10.5. The molecular weight excluding hydrogens is 420 g/mol. The van der Waals surface area contributed by atoms with E-state index in [-0.39, 0.29) is 6.04 Å². The van der Waals surface area contributed by atoms with Crippen molar-refractivity contribution in [1.29, 1.82) is 5.26 Å². The fourth-order valence-electron chi connectivity index (χ4n) is 4.73. The van der Waals surface area contributed by atoms with Gasteiger partial charge in [0.1, 0.15) is 6.07 Å². The molecule has 1 aliphatic rings.